The number of aromatic nitrogens is 3. The van der Waals surface area contributed by atoms with Gasteiger partial charge < -0.3 is 10.2 Å². The summed E-state index contributed by atoms with van der Waals surface area (Å²) >= 11 is 1.20. The quantitative estimate of drug-likeness (QED) is 0.558. The van der Waals surface area contributed by atoms with Crippen molar-refractivity contribution >= 4 is 23.6 Å². The molecular formula is C17H20FN5O2S. The second-order valence-corrected chi connectivity index (χ2v) is 6.51. The van der Waals surface area contributed by atoms with Gasteiger partial charge in [-0.1, -0.05) is 17.8 Å². The topological polar surface area (TPSA) is 80.1 Å². The molecule has 0 unspecified atom stereocenters. The Labute approximate surface area is 155 Å². The fourth-order valence-electron chi connectivity index (χ4n) is 2.02. The predicted molar refractivity (Wildman–Crippen MR) is 98.0 cm³/mol. The number of allylic oxidation sites excluding steroid dienone is 1. The molecule has 1 aromatic heterocycles. The molecule has 9 heteroatoms. The average molecular weight is 377 g/mol. The summed E-state index contributed by atoms with van der Waals surface area (Å²) in [7, 11) is 3.25. The molecule has 0 saturated heterocycles. The van der Waals surface area contributed by atoms with Crippen LogP contribution in [-0.2, 0) is 16.1 Å². The zero-order valence-electron chi connectivity index (χ0n) is 14.6. The van der Waals surface area contributed by atoms with E-state index in [2.05, 4.69) is 22.1 Å². The lowest BCUT2D eigenvalue weighted by molar-refractivity contribution is -0.130. The number of carbonyl (C=O) groups excluding carboxylic acids is 2. The molecule has 0 radical (unpaired) electrons. The van der Waals surface area contributed by atoms with E-state index in [0.29, 0.717) is 23.1 Å². The Kier molecular flexibility index (Phi) is 6.90. The van der Waals surface area contributed by atoms with E-state index in [1.54, 1.807) is 36.9 Å². The Balaban J connectivity index is 2.05. The first-order valence-corrected chi connectivity index (χ1v) is 8.80. The van der Waals surface area contributed by atoms with E-state index in [0.717, 1.165) is 0 Å². The summed E-state index contributed by atoms with van der Waals surface area (Å²) < 4.78 is 14.9. The van der Waals surface area contributed by atoms with Crippen LogP contribution in [0.25, 0.3) is 11.4 Å². The first-order valence-electron chi connectivity index (χ1n) is 7.82. The molecule has 1 aromatic carbocycles. The van der Waals surface area contributed by atoms with Crippen molar-refractivity contribution in [2.24, 2.45) is 0 Å². The summed E-state index contributed by atoms with van der Waals surface area (Å²) in [4.78, 5) is 24.8. The van der Waals surface area contributed by atoms with Crippen LogP contribution in [-0.4, -0.2) is 57.9 Å². The molecule has 0 aliphatic carbocycles. The smallest absolute Gasteiger partial charge is 0.241 e. The lowest BCUT2D eigenvalue weighted by atomic mass is 10.2. The van der Waals surface area contributed by atoms with Crippen LogP contribution in [0, 0.1) is 5.82 Å². The average Bonchev–Trinajstić information content (AvgIpc) is 3.01. The number of nitrogens with zero attached hydrogens (tertiary/aromatic N) is 4. The van der Waals surface area contributed by atoms with Crippen molar-refractivity contribution in [3.8, 4) is 11.4 Å². The maximum atomic E-state index is 13.1. The third-order valence-corrected chi connectivity index (χ3v) is 4.37. The van der Waals surface area contributed by atoms with Crippen LogP contribution in [0.3, 0.4) is 0 Å². The van der Waals surface area contributed by atoms with Gasteiger partial charge in [0.25, 0.3) is 0 Å². The van der Waals surface area contributed by atoms with Gasteiger partial charge in [-0.3, -0.25) is 14.2 Å². The third-order valence-electron chi connectivity index (χ3n) is 3.40. The zero-order valence-corrected chi connectivity index (χ0v) is 15.4. The van der Waals surface area contributed by atoms with Gasteiger partial charge in [0.15, 0.2) is 11.0 Å². The van der Waals surface area contributed by atoms with E-state index in [9.17, 15) is 14.0 Å². The molecule has 0 atom stereocenters. The number of halogens is 1. The highest BCUT2D eigenvalue weighted by Crippen LogP contribution is 2.24. The van der Waals surface area contributed by atoms with Crippen LogP contribution in [0.15, 0.2) is 42.1 Å². The minimum absolute atomic E-state index is 0.0490. The highest BCUT2D eigenvalue weighted by Gasteiger charge is 2.15. The van der Waals surface area contributed by atoms with Crippen LogP contribution < -0.4 is 5.32 Å². The maximum Gasteiger partial charge on any atom is 0.241 e. The molecule has 7 nitrogen and oxygen atoms in total. The maximum absolute atomic E-state index is 13.1. The van der Waals surface area contributed by atoms with Crippen molar-refractivity contribution in [3.63, 3.8) is 0 Å². The molecule has 0 saturated carbocycles. The molecule has 2 aromatic rings. The van der Waals surface area contributed by atoms with Crippen LogP contribution in [0.5, 0.6) is 0 Å². The molecule has 0 aliphatic heterocycles. The number of hydrogen-bond acceptors (Lipinski definition) is 5. The SMILES string of the molecule is C=CCn1c(SCC(=O)NCC(=O)N(C)C)nnc1-c1ccc(F)cc1. The Morgan fingerprint density at radius 3 is 2.62 bits per heavy atom. The second kappa shape index (κ2) is 9.14. The minimum atomic E-state index is -0.331. The summed E-state index contributed by atoms with van der Waals surface area (Å²) in [6.07, 6.45) is 1.69. The highest BCUT2D eigenvalue weighted by molar-refractivity contribution is 7.99. The van der Waals surface area contributed by atoms with Crippen molar-refractivity contribution in [2.45, 2.75) is 11.7 Å². The first kappa shape index (κ1) is 19.6. The van der Waals surface area contributed by atoms with E-state index in [4.69, 9.17) is 0 Å². The van der Waals surface area contributed by atoms with E-state index in [1.807, 2.05) is 0 Å². The molecule has 2 rings (SSSR count). The second-order valence-electron chi connectivity index (χ2n) is 5.57. The molecule has 1 heterocycles. The van der Waals surface area contributed by atoms with Crippen LogP contribution >= 0.6 is 11.8 Å². The van der Waals surface area contributed by atoms with E-state index in [-0.39, 0.29) is 29.9 Å². The number of hydrogen-bond donors (Lipinski definition) is 1. The van der Waals surface area contributed by atoms with Gasteiger partial charge in [0, 0.05) is 26.2 Å². The Bertz CT molecular complexity index is 789. The summed E-state index contributed by atoms with van der Waals surface area (Å²) in [5, 5.41) is 11.3. The molecule has 0 bridgehead atoms. The predicted octanol–water partition coefficient (Wildman–Crippen LogP) is 1.57. The van der Waals surface area contributed by atoms with Crippen molar-refractivity contribution < 1.29 is 14.0 Å². The summed E-state index contributed by atoms with van der Waals surface area (Å²) in [6, 6.07) is 5.94. The molecule has 2 amide bonds. The van der Waals surface area contributed by atoms with Gasteiger partial charge in [0.05, 0.1) is 12.3 Å². The monoisotopic (exact) mass is 377 g/mol. The Morgan fingerprint density at radius 2 is 2.00 bits per heavy atom. The Hall–Kier alpha value is -2.68. The van der Waals surface area contributed by atoms with Gasteiger partial charge in [0.1, 0.15) is 5.82 Å². The lowest BCUT2D eigenvalue weighted by Crippen LogP contribution is -2.37. The van der Waals surface area contributed by atoms with E-state index in [1.165, 1.54) is 28.8 Å². The number of carbonyl (C=O) groups is 2. The molecule has 0 spiro atoms. The number of rotatable bonds is 8. The van der Waals surface area contributed by atoms with Gasteiger partial charge in [-0.05, 0) is 24.3 Å². The Morgan fingerprint density at radius 1 is 1.31 bits per heavy atom. The van der Waals surface area contributed by atoms with E-state index < -0.39 is 0 Å². The fourth-order valence-corrected chi connectivity index (χ4v) is 2.79. The number of thioether (sulfide) groups is 1. The van der Waals surface area contributed by atoms with Gasteiger partial charge in [-0.15, -0.1) is 16.8 Å². The van der Waals surface area contributed by atoms with Crippen molar-refractivity contribution in [1.29, 1.82) is 0 Å². The molecular weight excluding hydrogens is 357 g/mol. The number of benzene rings is 1. The van der Waals surface area contributed by atoms with Crippen LogP contribution in [0.4, 0.5) is 4.39 Å². The van der Waals surface area contributed by atoms with E-state index >= 15 is 0 Å². The molecule has 0 fully saturated rings. The van der Waals surface area contributed by atoms with Gasteiger partial charge >= 0.3 is 0 Å². The van der Waals surface area contributed by atoms with Crippen molar-refractivity contribution in [3.05, 3.63) is 42.7 Å². The van der Waals surface area contributed by atoms with Gasteiger partial charge in [-0.2, -0.15) is 0 Å². The van der Waals surface area contributed by atoms with Gasteiger partial charge in [0.2, 0.25) is 11.8 Å². The number of amides is 2. The van der Waals surface area contributed by atoms with Crippen molar-refractivity contribution in [1.82, 2.24) is 25.0 Å². The molecule has 26 heavy (non-hydrogen) atoms. The summed E-state index contributed by atoms with van der Waals surface area (Å²) in [6.45, 7) is 4.12. The number of likely N-dealkylation sites (N-methyl/N-ethyl adjacent to an activating group) is 1. The zero-order chi connectivity index (χ0) is 19.1. The molecule has 138 valence electrons. The molecule has 0 aliphatic rings. The molecule has 1 N–H and O–H groups in total. The highest BCUT2D eigenvalue weighted by atomic mass is 32.2. The van der Waals surface area contributed by atoms with Crippen molar-refractivity contribution in [2.75, 3.05) is 26.4 Å². The van der Waals surface area contributed by atoms with Crippen LogP contribution in [0.2, 0.25) is 0 Å². The van der Waals surface area contributed by atoms with Crippen LogP contribution in [0.1, 0.15) is 0 Å². The minimum Gasteiger partial charge on any atom is -0.347 e. The standard InChI is InChI=1S/C17H20FN5O2S/c1-4-9-23-16(12-5-7-13(18)8-6-12)20-21-17(23)26-11-14(24)19-10-15(25)22(2)3/h4-8H,1,9-11H2,2-3H3,(H,19,24). The largest absolute Gasteiger partial charge is 0.347 e. The normalized spacial score (nSPS) is 10.4. The summed E-state index contributed by atoms with van der Waals surface area (Å²) in [5.41, 5.74) is 0.716. The third kappa shape index (κ3) is 5.16. The lowest BCUT2D eigenvalue weighted by Gasteiger charge is -2.11. The summed E-state index contributed by atoms with van der Waals surface area (Å²) in [5.74, 6) is -0.129. The number of nitrogens with one attached hydrogen (secondary N) is 1. The fraction of sp³-hybridized carbons (Fsp3) is 0.294. The first-order chi connectivity index (χ1) is 12.4. The van der Waals surface area contributed by atoms with Gasteiger partial charge in [-0.25, -0.2) is 4.39 Å².